The van der Waals surface area contributed by atoms with Gasteiger partial charge in [0.1, 0.15) is 0 Å². The normalized spacial score (nSPS) is 14.5. The molecule has 1 aromatic heterocycles. The Morgan fingerprint density at radius 3 is 2.33 bits per heavy atom. The summed E-state index contributed by atoms with van der Waals surface area (Å²) in [6.45, 7) is 3.44. The smallest absolute Gasteiger partial charge is 0.274 e. The van der Waals surface area contributed by atoms with Gasteiger partial charge in [-0.2, -0.15) is 5.10 Å². The van der Waals surface area contributed by atoms with Crippen molar-refractivity contribution in [3.63, 3.8) is 0 Å². The van der Waals surface area contributed by atoms with Crippen molar-refractivity contribution in [3.05, 3.63) is 70.6 Å². The maximum Gasteiger partial charge on any atom is 0.274 e. The number of hydrogen-bond acceptors (Lipinski definition) is 6. The molecule has 33 heavy (non-hydrogen) atoms. The van der Waals surface area contributed by atoms with Crippen molar-refractivity contribution in [3.8, 4) is 0 Å². The van der Waals surface area contributed by atoms with Crippen LogP contribution in [0.5, 0.6) is 0 Å². The first-order valence-corrected chi connectivity index (χ1v) is 12.8. The van der Waals surface area contributed by atoms with Crippen LogP contribution in [0, 0.1) is 0 Å². The lowest BCUT2D eigenvalue weighted by molar-refractivity contribution is -0.120. The molecule has 9 heteroatoms. The Balaban J connectivity index is 1.44. The van der Waals surface area contributed by atoms with Crippen LogP contribution in [0.3, 0.4) is 0 Å². The lowest BCUT2D eigenvalue weighted by atomic mass is 10.1. The predicted octanol–water partition coefficient (Wildman–Crippen LogP) is 1.97. The molecule has 0 bridgehead atoms. The van der Waals surface area contributed by atoms with Crippen LogP contribution < -0.4 is 10.9 Å². The average molecular weight is 469 g/mol. The molecule has 174 valence electrons. The lowest BCUT2D eigenvalue weighted by Crippen LogP contribution is -2.33. The summed E-state index contributed by atoms with van der Waals surface area (Å²) >= 11 is 0. The van der Waals surface area contributed by atoms with E-state index >= 15 is 0 Å². The number of hydrogen-bond donors (Lipinski definition) is 1. The second-order valence-corrected chi connectivity index (χ2v) is 10.3. The minimum Gasteiger partial charge on any atom is -0.350 e. The number of benzene rings is 2. The molecule has 0 unspecified atom stereocenters. The molecule has 0 radical (unpaired) electrons. The maximum absolute atomic E-state index is 12.9. The average Bonchev–Trinajstić information content (AvgIpc) is 3.36. The van der Waals surface area contributed by atoms with E-state index in [1.807, 2.05) is 18.2 Å². The Bertz CT molecular complexity index is 1280. The summed E-state index contributed by atoms with van der Waals surface area (Å²) in [6, 6.07) is 15.3. The largest absolute Gasteiger partial charge is 0.350 e. The third-order valence-corrected chi connectivity index (χ3v) is 7.66. The number of nitrogens with zero attached hydrogens (tertiary/aromatic N) is 3. The molecule has 1 amide bonds. The van der Waals surface area contributed by atoms with Gasteiger partial charge in [0.05, 0.1) is 34.8 Å². The van der Waals surface area contributed by atoms with E-state index in [-0.39, 0.29) is 35.1 Å². The number of nitrogens with one attached hydrogen (secondary N) is 1. The van der Waals surface area contributed by atoms with Gasteiger partial charge in [0.25, 0.3) is 5.56 Å². The van der Waals surface area contributed by atoms with Gasteiger partial charge < -0.3 is 10.2 Å². The zero-order valence-corrected chi connectivity index (χ0v) is 19.3. The van der Waals surface area contributed by atoms with E-state index in [1.54, 1.807) is 24.3 Å². The third kappa shape index (κ3) is 5.66. The SMILES string of the molecule is O=C(CCS(=O)(=O)c1ccccc1)NCc1nn(CCN2CCCC2)c(=O)c2ccccc12. The number of sulfone groups is 1. The molecule has 3 aromatic rings. The molecule has 1 fully saturated rings. The molecule has 8 nitrogen and oxygen atoms in total. The van der Waals surface area contributed by atoms with Crippen LogP contribution in [0.4, 0.5) is 0 Å². The van der Waals surface area contributed by atoms with Gasteiger partial charge in [-0.3, -0.25) is 9.59 Å². The monoisotopic (exact) mass is 468 g/mol. The minimum absolute atomic E-state index is 0.120. The third-order valence-electron chi connectivity index (χ3n) is 5.92. The second-order valence-electron chi connectivity index (χ2n) is 8.23. The summed E-state index contributed by atoms with van der Waals surface area (Å²) in [5.74, 6) is -0.651. The van der Waals surface area contributed by atoms with Crippen molar-refractivity contribution in [1.29, 1.82) is 0 Å². The van der Waals surface area contributed by atoms with Gasteiger partial charge in [-0.25, -0.2) is 13.1 Å². The van der Waals surface area contributed by atoms with Crippen molar-refractivity contribution in [1.82, 2.24) is 20.0 Å². The van der Waals surface area contributed by atoms with Gasteiger partial charge in [-0.1, -0.05) is 36.4 Å². The summed E-state index contributed by atoms with van der Waals surface area (Å²) in [7, 11) is -3.53. The standard InChI is InChI=1S/C24H28N4O4S/c29-23(12-17-33(31,32)19-8-2-1-3-9-19)25-18-22-20-10-4-5-11-21(20)24(30)28(26-22)16-15-27-13-6-7-14-27/h1-5,8-11H,6-7,12-18H2,(H,25,29). The van der Waals surface area contributed by atoms with Crippen LogP contribution in [0.15, 0.2) is 64.3 Å². The summed E-state index contributed by atoms with van der Waals surface area (Å²) in [5, 5.41) is 8.55. The van der Waals surface area contributed by atoms with Crippen LogP contribution in [-0.2, 0) is 27.7 Å². The Kier molecular flexibility index (Phi) is 7.20. The molecule has 0 saturated carbocycles. The molecular weight excluding hydrogens is 440 g/mol. The molecule has 0 aliphatic carbocycles. The van der Waals surface area contributed by atoms with Crippen LogP contribution >= 0.6 is 0 Å². The van der Waals surface area contributed by atoms with Crippen LogP contribution in [-0.4, -0.2) is 54.4 Å². The fourth-order valence-corrected chi connectivity index (χ4v) is 5.33. The van der Waals surface area contributed by atoms with Crippen LogP contribution in [0.2, 0.25) is 0 Å². The Hall–Kier alpha value is -3.04. The number of likely N-dealkylation sites (tertiary alicyclic amines) is 1. The van der Waals surface area contributed by atoms with Gasteiger partial charge in [0, 0.05) is 18.4 Å². The highest BCUT2D eigenvalue weighted by Crippen LogP contribution is 2.14. The highest BCUT2D eigenvalue weighted by molar-refractivity contribution is 7.91. The predicted molar refractivity (Wildman–Crippen MR) is 127 cm³/mol. The van der Waals surface area contributed by atoms with E-state index in [1.165, 1.54) is 29.7 Å². The van der Waals surface area contributed by atoms with E-state index in [2.05, 4.69) is 15.3 Å². The Morgan fingerprint density at radius 2 is 1.61 bits per heavy atom. The first-order chi connectivity index (χ1) is 15.9. The zero-order chi connectivity index (χ0) is 23.3. The number of aromatic nitrogens is 2. The highest BCUT2D eigenvalue weighted by atomic mass is 32.2. The first-order valence-electron chi connectivity index (χ1n) is 11.2. The van der Waals surface area contributed by atoms with Crippen LogP contribution in [0.1, 0.15) is 25.0 Å². The van der Waals surface area contributed by atoms with E-state index in [0.717, 1.165) is 19.6 Å². The first kappa shape index (κ1) is 23.1. The van der Waals surface area contributed by atoms with E-state index in [9.17, 15) is 18.0 Å². The van der Waals surface area contributed by atoms with Gasteiger partial charge >= 0.3 is 0 Å². The van der Waals surface area contributed by atoms with Crippen molar-refractivity contribution >= 4 is 26.5 Å². The summed E-state index contributed by atoms with van der Waals surface area (Å²) in [6.07, 6.45) is 2.21. The topological polar surface area (TPSA) is 101 Å². The van der Waals surface area contributed by atoms with E-state index < -0.39 is 9.84 Å². The Labute approximate surface area is 193 Å². The number of carbonyl (C=O) groups excluding carboxylic acids is 1. The fourth-order valence-electron chi connectivity index (χ4n) is 4.07. The van der Waals surface area contributed by atoms with Crippen molar-refractivity contribution in [2.24, 2.45) is 0 Å². The Morgan fingerprint density at radius 1 is 0.939 bits per heavy atom. The fraction of sp³-hybridized carbons (Fsp3) is 0.375. The number of rotatable bonds is 9. The molecule has 1 N–H and O–H groups in total. The summed E-state index contributed by atoms with van der Waals surface area (Å²) < 4.78 is 26.3. The molecule has 1 saturated heterocycles. The van der Waals surface area contributed by atoms with Crippen molar-refractivity contribution < 1.29 is 13.2 Å². The summed E-state index contributed by atoms with van der Waals surface area (Å²) in [4.78, 5) is 27.8. The zero-order valence-electron chi connectivity index (χ0n) is 18.4. The number of amides is 1. The van der Waals surface area contributed by atoms with Crippen molar-refractivity contribution in [2.45, 2.75) is 37.2 Å². The highest BCUT2D eigenvalue weighted by Gasteiger charge is 2.17. The number of carbonyl (C=O) groups is 1. The molecular formula is C24H28N4O4S. The molecule has 1 aliphatic heterocycles. The molecule has 0 spiro atoms. The quantitative estimate of drug-likeness (QED) is 0.515. The molecule has 0 atom stereocenters. The number of fused-ring (bicyclic) bond motifs is 1. The molecule has 4 rings (SSSR count). The second kappa shape index (κ2) is 10.3. The van der Waals surface area contributed by atoms with Gasteiger partial charge in [-0.15, -0.1) is 0 Å². The van der Waals surface area contributed by atoms with Crippen molar-refractivity contribution in [2.75, 3.05) is 25.4 Å². The van der Waals surface area contributed by atoms with E-state index in [0.29, 0.717) is 23.0 Å². The molecule has 1 aliphatic rings. The van der Waals surface area contributed by atoms with Gasteiger partial charge in [-0.05, 0) is 44.1 Å². The van der Waals surface area contributed by atoms with Gasteiger partial charge in [0.15, 0.2) is 9.84 Å². The molecule has 2 aromatic carbocycles. The van der Waals surface area contributed by atoms with Gasteiger partial charge in [0.2, 0.25) is 5.91 Å². The minimum atomic E-state index is -3.53. The van der Waals surface area contributed by atoms with E-state index in [4.69, 9.17) is 0 Å². The lowest BCUT2D eigenvalue weighted by Gasteiger charge is -2.16. The maximum atomic E-state index is 12.9. The molecule has 2 heterocycles. The summed E-state index contributed by atoms with van der Waals surface area (Å²) in [5.41, 5.74) is 0.444. The van der Waals surface area contributed by atoms with Crippen LogP contribution in [0.25, 0.3) is 10.8 Å².